The van der Waals surface area contributed by atoms with Gasteiger partial charge in [-0.25, -0.2) is 4.98 Å². The summed E-state index contributed by atoms with van der Waals surface area (Å²) in [5.74, 6) is 0.711. The molecule has 7 nitrogen and oxygen atoms in total. The van der Waals surface area contributed by atoms with Crippen LogP contribution in [0.25, 0.3) is 0 Å². The topological polar surface area (TPSA) is 85.9 Å². The van der Waals surface area contributed by atoms with Crippen LogP contribution in [-0.4, -0.2) is 19.7 Å². The molecule has 0 radical (unpaired) electrons. The van der Waals surface area contributed by atoms with Gasteiger partial charge in [0.25, 0.3) is 5.69 Å². The lowest BCUT2D eigenvalue weighted by Gasteiger charge is -2.06. The van der Waals surface area contributed by atoms with Crippen LogP contribution in [0.4, 0.5) is 11.4 Å². The van der Waals surface area contributed by atoms with Crippen LogP contribution in [0.2, 0.25) is 0 Å². The Balaban J connectivity index is 2.19. The van der Waals surface area contributed by atoms with Crippen LogP contribution >= 0.6 is 22.6 Å². The molecule has 0 aliphatic heterocycles. The summed E-state index contributed by atoms with van der Waals surface area (Å²) in [6.45, 7) is 0.387. The lowest BCUT2D eigenvalue weighted by atomic mass is 10.2. The first-order valence-corrected chi connectivity index (χ1v) is 6.16. The molecule has 0 saturated carbocycles. The Morgan fingerprint density at radius 3 is 2.94 bits per heavy atom. The first-order chi connectivity index (χ1) is 8.58. The third-order valence-electron chi connectivity index (χ3n) is 2.40. The summed E-state index contributed by atoms with van der Waals surface area (Å²) in [5, 5.41) is 17.9. The second kappa shape index (κ2) is 5.29. The first-order valence-electron chi connectivity index (χ1n) is 5.08. The molecule has 2 aromatic rings. The van der Waals surface area contributed by atoms with Gasteiger partial charge in [0, 0.05) is 16.7 Å². The molecule has 0 unspecified atom stereocenters. The molecule has 0 spiro atoms. The van der Waals surface area contributed by atoms with Crippen LogP contribution in [0.5, 0.6) is 0 Å². The predicted octanol–water partition coefficient (Wildman–Crippen LogP) is 1.94. The highest BCUT2D eigenvalue weighted by atomic mass is 127. The van der Waals surface area contributed by atoms with Gasteiger partial charge in [0.05, 0.1) is 11.5 Å². The van der Waals surface area contributed by atoms with E-state index in [4.69, 9.17) is 0 Å². The number of nitrogens with zero attached hydrogens (tertiary/aromatic N) is 4. The Kier molecular flexibility index (Phi) is 3.75. The minimum absolute atomic E-state index is 0.0593. The molecule has 18 heavy (non-hydrogen) atoms. The number of anilines is 1. The average Bonchev–Trinajstić information content (AvgIpc) is 2.73. The van der Waals surface area contributed by atoms with E-state index in [2.05, 4.69) is 15.4 Å². The summed E-state index contributed by atoms with van der Waals surface area (Å²) in [7, 11) is 1.77. The van der Waals surface area contributed by atoms with Gasteiger partial charge < -0.3 is 5.32 Å². The van der Waals surface area contributed by atoms with Crippen LogP contribution in [0.15, 0.2) is 24.5 Å². The highest BCUT2D eigenvalue weighted by Gasteiger charge is 2.14. The zero-order chi connectivity index (χ0) is 13.1. The molecular weight excluding hydrogens is 349 g/mol. The quantitative estimate of drug-likeness (QED) is 0.512. The van der Waals surface area contributed by atoms with E-state index in [1.807, 2.05) is 28.7 Å². The Morgan fingerprint density at radius 1 is 1.56 bits per heavy atom. The monoisotopic (exact) mass is 359 g/mol. The van der Waals surface area contributed by atoms with Crippen molar-refractivity contribution in [2.75, 3.05) is 5.32 Å². The number of rotatable bonds is 4. The van der Waals surface area contributed by atoms with Gasteiger partial charge in [0.15, 0.2) is 0 Å². The van der Waals surface area contributed by atoms with Crippen molar-refractivity contribution in [2.45, 2.75) is 6.54 Å². The first kappa shape index (κ1) is 12.7. The Morgan fingerprint density at radius 2 is 2.33 bits per heavy atom. The van der Waals surface area contributed by atoms with E-state index in [0.717, 1.165) is 3.57 Å². The summed E-state index contributed by atoms with van der Waals surface area (Å²) in [6.07, 6.45) is 1.44. The van der Waals surface area contributed by atoms with Crippen molar-refractivity contribution in [3.05, 3.63) is 44.0 Å². The molecule has 1 aromatic carbocycles. The van der Waals surface area contributed by atoms with Crippen molar-refractivity contribution in [2.24, 2.45) is 7.05 Å². The molecule has 1 N–H and O–H groups in total. The van der Waals surface area contributed by atoms with Crippen molar-refractivity contribution in [1.29, 1.82) is 0 Å². The molecule has 0 fully saturated rings. The number of hydrogen-bond donors (Lipinski definition) is 1. The van der Waals surface area contributed by atoms with Gasteiger partial charge in [0.1, 0.15) is 17.8 Å². The van der Waals surface area contributed by atoms with E-state index in [9.17, 15) is 10.1 Å². The van der Waals surface area contributed by atoms with Crippen molar-refractivity contribution in [3.63, 3.8) is 0 Å². The summed E-state index contributed by atoms with van der Waals surface area (Å²) in [4.78, 5) is 14.6. The standard InChI is InChI=1S/C10H10IN5O2/c1-15-10(13-6-14-15)5-12-8-3-2-7(11)4-9(8)16(17)18/h2-4,6,12H,5H2,1H3. The number of aryl methyl sites for hydroxylation is 1. The number of nitrogens with one attached hydrogen (secondary N) is 1. The summed E-state index contributed by atoms with van der Waals surface area (Å²) in [6, 6.07) is 5.03. The fraction of sp³-hybridized carbons (Fsp3) is 0.200. The van der Waals surface area contributed by atoms with Gasteiger partial charge in [-0.3, -0.25) is 14.8 Å². The summed E-state index contributed by atoms with van der Waals surface area (Å²) in [5.41, 5.74) is 0.535. The molecule has 0 atom stereocenters. The Hall–Kier alpha value is -1.71. The lowest BCUT2D eigenvalue weighted by molar-refractivity contribution is -0.384. The van der Waals surface area contributed by atoms with Crippen LogP contribution in [0.3, 0.4) is 0 Å². The van der Waals surface area contributed by atoms with Gasteiger partial charge in [-0.2, -0.15) is 5.10 Å². The van der Waals surface area contributed by atoms with E-state index >= 15 is 0 Å². The lowest BCUT2D eigenvalue weighted by Crippen LogP contribution is -2.08. The molecule has 0 aliphatic carbocycles. The summed E-state index contributed by atoms with van der Waals surface area (Å²) < 4.78 is 2.44. The smallest absolute Gasteiger partial charge is 0.293 e. The highest BCUT2D eigenvalue weighted by molar-refractivity contribution is 14.1. The SMILES string of the molecule is Cn1ncnc1CNc1ccc(I)cc1[N+](=O)[O-]. The Labute approximate surface area is 117 Å². The van der Waals surface area contributed by atoms with Crippen molar-refractivity contribution < 1.29 is 4.92 Å². The normalized spacial score (nSPS) is 10.3. The van der Waals surface area contributed by atoms with Crippen molar-refractivity contribution >= 4 is 34.0 Å². The molecule has 0 bridgehead atoms. The van der Waals surface area contributed by atoms with E-state index in [-0.39, 0.29) is 5.69 Å². The van der Waals surface area contributed by atoms with Gasteiger partial charge in [0.2, 0.25) is 0 Å². The molecule has 0 saturated heterocycles. The van der Waals surface area contributed by atoms with E-state index < -0.39 is 4.92 Å². The Bertz CT molecular complexity index is 583. The van der Waals surface area contributed by atoms with E-state index in [1.54, 1.807) is 17.8 Å². The van der Waals surface area contributed by atoms with E-state index in [1.165, 1.54) is 12.4 Å². The maximum absolute atomic E-state index is 10.9. The number of nitro groups is 1. The van der Waals surface area contributed by atoms with Crippen LogP contribution in [0.1, 0.15) is 5.82 Å². The van der Waals surface area contributed by atoms with Crippen molar-refractivity contribution in [1.82, 2.24) is 14.8 Å². The third kappa shape index (κ3) is 2.75. The molecule has 94 valence electrons. The van der Waals surface area contributed by atoms with Gasteiger partial charge >= 0.3 is 0 Å². The third-order valence-corrected chi connectivity index (χ3v) is 3.07. The molecule has 1 aromatic heterocycles. The predicted molar refractivity (Wildman–Crippen MR) is 74.1 cm³/mol. The molecule has 8 heteroatoms. The van der Waals surface area contributed by atoms with Crippen molar-refractivity contribution in [3.8, 4) is 0 Å². The second-order valence-electron chi connectivity index (χ2n) is 3.57. The maximum Gasteiger partial charge on any atom is 0.293 e. The molecular formula is C10H10IN5O2. The van der Waals surface area contributed by atoms with Crippen LogP contribution < -0.4 is 5.32 Å². The zero-order valence-corrected chi connectivity index (χ0v) is 11.7. The minimum Gasteiger partial charge on any atom is -0.372 e. The minimum atomic E-state index is -0.402. The number of aromatic nitrogens is 3. The molecule has 0 amide bonds. The number of nitro benzene ring substituents is 1. The number of hydrogen-bond acceptors (Lipinski definition) is 5. The molecule has 1 heterocycles. The fourth-order valence-corrected chi connectivity index (χ4v) is 1.93. The van der Waals surface area contributed by atoms with Gasteiger partial charge in [-0.15, -0.1) is 0 Å². The largest absolute Gasteiger partial charge is 0.372 e. The van der Waals surface area contributed by atoms with Crippen LogP contribution in [0, 0.1) is 13.7 Å². The summed E-state index contributed by atoms with van der Waals surface area (Å²) >= 11 is 2.04. The second-order valence-corrected chi connectivity index (χ2v) is 4.82. The van der Waals surface area contributed by atoms with Crippen LogP contribution in [-0.2, 0) is 13.6 Å². The maximum atomic E-state index is 10.9. The molecule has 2 rings (SSSR count). The number of halogens is 1. The molecule has 0 aliphatic rings. The van der Waals surface area contributed by atoms with Gasteiger partial charge in [-0.05, 0) is 34.7 Å². The van der Waals surface area contributed by atoms with E-state index in [0.29, 0.717) is 18.1 Å². The zero-order valence-electron chi connectivity index (χ0n) is 9.50. The van der Waals surface area contributed by atoms with Gasteiger partial charge in [-0.1, -0.05) is 0 Å². The number of benzene rings is 1. The average molecular weight is 359 g/mol. The highest BCUT2D eigenvalue weighted by Crippen LogP contribution is 2.26. The fourth-order valence-electron chi connectivity index (χ4n) is 1.46.